The minimum atomic E-state index is -4.49. The van der Waals surface area contributed by atoms with Crippen molar-refractivity contribution in [2.75, 3.05) is 6.54 Å². The van der Waals surface area contributed by atoms with Crippen LogP contribution in [0.3, 0.4) is 0 Å². The maximum absolute atomic E-state index is 13.3. The highest BCUT2D eigenvalue weighted by Crippen LogP contribution is 2.38. The molecule has 2 heterocycles. The number of halogens is 3. The topological polar surface area (TPSA) is 108 Å². The second-order valence-electron chi connectivity index (χ2n) is 7.36. The first-order chi connectivity index (χ1) is 15.6. The van der Waals surface area contributed by atoms with Crippen LogP contribution in [0.4, 0.5) is 13.2 Å². The van der Waals surface area contributed by atoms with E-state index in [1.807, 2.05) is 0 Å². The zero-order valence-corrected chi connectivity index (χ0v) is 17.9. The van der Waals surface area contributed by atoms with E-state index < -0.39 is 39.0 Å². The van der Waals surface area contributed by atoms with Gasteiger partial charge in [-0.05, 0) is 55.7 Å². The van der Waals surface area contributed by atoms with Crippen molar-refractivity contribution >= 4 is 15.9 Å². The zero-order valence-electron chi connectivity index (χ0n) is 17.0. The summed E-state index contributed by atoms with van der Waals surface area (Å²) in [5.41, 5.74) is 4.49. The number of rotatable bonds is 5. The Labute approximate surface area is 187 Å². The summed E-state index contributed by atoms with van der Waals surface area (Å²) in [6.07, 6.45) is -3.02. The van der Waals surface area contributed by atoms with Gasteiger partial charge in [-0.15, -0.1) is 0 Å². The van der Waals surface area contributed by atoms with Gasteiger partial charge >= 0.3 is 6.18 Å². The van der Waals surface area contributed by atoms with Crippen molar-refractivity contribution in [1.82, 2.24) is 4.31 Å². The molecular formula is C21H19F3N2O6S. The molecule has 0 radical (unpaired) electrons. The summed E-state index contributed by atoms with van der Waals surface area (Å²) in [5.74, 6) is -0.665. The number of benzene rings is 2. The number of hydrogen-bond donors (Lipinski definition) is 1. The van der Waals surface area contributed by atoms with Crippen LogP contribution in [0.25, 0.3) is 0 Å². The Hall–Kier alpha value is -3.25. The molecule has 12 heteroatoms. The second-order valence-corrected chi connectivity index (χ2v) is 9.18. The quantitative estimate of drug-likeness (QED) is 0.695. The highest BCUT2D eigenvalue weighted by molar-refractivity contribution is 7.92. The van der Waals surface area contributed by atoms with Gasteiger partial charge in [0.15, 0.2) is 17.7 Å². The number of ether oxygens (including phenoxy) is 3. The lowest BCUT2D eigenvalue weighted by atomic mass is 10.1. The van der Waals surface area contributed by atoms with E-state index in [1.165, 1.54) is 18.2 Å². The average Bonchev–Trinajstić information content (AvgIpc) is 2.78. The summed E-state index contributed by atoms with van der Waals surface area (Å²) in [7, 11) is -4.24. The van der Waals surface area contributed by atoms with Gasteiger partial charge in [0.25, 0.3) is 21.0 Å². The number of para-hydroxylation sites is 1. The average molecular weight is 484 g/mol. The Bertz CT molecular complexity index is 1200. The van der Waals surface area contributed by atoms with Gasteiger partial charge in [0, 0.05) is 6.54 Å². The smallest absolute Gasteiger partial charge is 0.416 e. The lowest BCUT2D eigenvalue weighted by Gasteiger charge is -2.35. The Morgan fingerprint density at radius 2 is 1.85 bits per heavy atom. The molecule has 2 aromatic rings. The molecular weight excluding hydrogens is 465 g/mol. The second kappa shape index (κ2) is 8.60. The van der Waals surface area contributed by atoms with Gasteiger partial charge in [-0.2, -0.15) is 17.5 Å². The predicted octanol–water partition coefficient (Wildman–Crippen LogP) is 3.60. The number of nitrogens with zero attached hydrogens (tertiary/aromatic N) is 1. The molecule has 2 N–H and O–H groups in total. The number of carbonyl (C=O) groups is 1. The molecule has 176 valence electrons. The fraction of sp³-hybridized carbons (Fsp3) is 0.286. The first-order valence-electron chi connectivity index (χ1n) is 9.90. The molecule has 2 aliphatic rings. The van der Waals surface area contributed by atoms with Crippen molar-refractivity contribution in [3.05, 3.63) is 64.9 Å². The molecule has 1 amide bonds. The molecule has 0 bridgehead atoms. The molecule has 33 heavy (non-hydrogen) atoms. The highest BCUT2D eigenvalue weighted by atomic mass is 32.2. The Morgan fingerprint density at radius 3 is 2.52 bits per heavy atom. The maximum atomic E-state index is 13.3. The Balaban J connectivity index is 1.56. The summed E-state index contributed by atoms with van der Waals surface area (Å²) < 4.78 is 82.6. The fourth-order valence-electron chi connectivity index (χ4n) is 3.53. The number of sulfonamides is 1. The number of nitrogens with two attached hydrogens (primary N) is 1. The van der Waals surface area contributed by atoms with Gasteiger partial charge in [0.2, 0.25) is 0 Å². The first kappa shape index (κ1) is 22.9. The number of amides is 1. The predicted molar refractivity (Wildman–Crippen MR) is 110 cm³/mol. The molecule has 0 aliphatic carbocycles. The van der Waals surface area contributed by atoms with E-state index in [1.54, 1.807) is 0 Å². The van der Waals surface area contributed by atoms with Crippen LogP contribution in [0.2, 0.25) is 0 Å². The monoisotopic (exact) mass is 484 g/mol. The molecule has 2 aliphatic heterocycles. The van der Waals surface area contributed by atoms with Crippen molar-refractivity contribution < 1.29 is 40.6 Å². The summed E-state index contributed by atoms with van der Waals surface area (Å²) in [6.45, 7) is 0.114. The van der Waals surface area contributed by atoms with Crippen LogP contribution in [0.5, 0.6) is 17.2 Å². The van der Waals surface area contributed by atoms with E-state index in [4.69, 9.17) is 19.9 Å². The molecule has 0 saturated carbocycles. The molecule has 4 rings (SSSR count). The van der Waals surface area contributed by atoms with E-state index >= 15 is 0 Å². The van der Waals surface area contributed by atoms with Crippen LogP contribution >= 0.6 is 0 Å². The molecule has 8 nitrogen and oxygen atoms in total. The Kier molecular flexibility index (Phi) is 5.97. The third-order valence-electron chi connectivity index (χ3n) is 5.15. The number of hydrogen-bond acceptors (Lipinski definition) is 6. The van der Waals surface area contributed by atoms with Crippen LogP contribution in [0.15, 0.2) is 53.8 Å². The van der Waals surface area contributed by atoms with Crippen LogP contribution in [-0.4, -0.2) is 31.4 Å². The first-order valence-corrected chi connectivity index (χ1v) is 11.3. The third kappa shape index (κ3) is 4.62. The third-order valence-corrected chi connectivity index (χ3v) is 6.87. The van der Waals surface area contributed by atoms with Crippen molar-refractivity contribution in [1.29, 1.82) is 0 Å². The number of primary amides is 1. The maximum Gasteiger partial charge on any atom is 0.416 e. The lowest BCUT2D eigenvalue weighted by molar-refractivity contribution is -0.137. The summed E-state index contributed by atoms with van der Waals surface area (Å²) >= 11 is 0. The van der Waals surface area contributed by atoms with Crippen LogP contribution in [0, 0.1) is 0 Å². The molecule has 0 spiro atoms. The van der Waals surface area contributed by atoms with E-state index in [0.717, 1.165) is 34.8 Å². The van der Waals surface area contributed by atoms with Gasteiger partial charge in [-0.25, -0.2) is 8.42 Å². The molecule has 1 saturated heterocycles. The lowest BCUT2D eigenvalue weighted by Crippen LogP contribution is -2.47. The largest absolute Gasteiger partial charge is 0.474 e. The van der Waals surface area contributed by atoms with Crippen molar-refractivity contribution in [2.45, 2.75) is 31.7 Å². The van der Waals surface area contributed by atoms with E-state index in [2.05, 4.69) is 0 Å². The van der Waals surface area contributed by atoms with E-state index in [0.29, 0.717) is 19.3 Å². The molecule has 1 unspecified atom stereocenters. The van der Waals surface area contributed by atoms with Gasteiger partial charge in [0.1, 0.15) is 12.0 Å². The fourth-order valence-corrected chi connectivity index (χ4v) is 4.95. The highest BCUT2D eigenvalue weighted by Gasteiger charge is 2.40. The number of carbonyl (C=O) groups excluding carboxylic acids is 1. The summed E-state index contributed by atoms with van der Waals surface area (Å²) in [5, 5.41) is -0.514. The molecule has 1 fully saturated rings. The number of alkyl halides is 3. The van der Waals surface area contributed by atoms with Crippen molar-refractivity contribution in [2.24, 2.45) is 5.73 Å². The molecule has 0 aromatic heterocycles. The van der Waals surface area contributed by atoms with Crippen LogP contribution < -0.4 is 19.9 Å². The van der Waals surface area contributed by atoms with Crippen LogP contribution in [0.1, 0.15) is 35.2 Å². The van der Waals surface area contributed by atoms with Crippen LogP contribution in [-0.2, 0) is 16.2 Å². The molecule has 1 atom stereocenters. The zero-order chi connectivity index (χ0) is 23.8. The SMILES string of the molecule is NC(=O)c1cccc2c1OC=C(S(=O)(=O)N1CCCCC1Oc1ccc(C(F)(F)F)cc1)O2. The minimum absolute atomic E-state index is 0.000138. The van der Waals surface area contributed by atoms with Gasteiger partial charge in [0.05, 0.1) is 11.1 Å². The normalized spacial score (nSPS) is 19.0. The van der Waals surface area contributed by atoms with Gasteiger partial charge in [-0.3, -0.25) is 4.79 Å². The number of piperidine rings is 1. The van der Waals surface area contributed by atoms with Gasteiger partial charge < -0.3 is 19.9 Å². The summed E-state index contributed by atoms with van der Waals surface area (Å²) in [4.78, 5) is 11.6. The van der Waals surface area contributed by atoms with E-state index in [-0.39, 0.29) is 29.4 Å². The molecule has 2 aromatic carbocycles. The van der Waals surface area contributed by atoms with Crippen molar-refractivity contribution in [3.8, 4) is 17.2 Å². The minimum Gasteiger partial charge on any atom is -0.474 e. The standard InChI is InChI=1S/C21H19F3N2O6S/c22-21(23,24)13-7-9-14(10-8-13)31-17-6-1-2-11-26(17)33(28,29)18-12-30-19-15(20(25)27)4-3-5-16(19)32-18/h3-5,7-10,12,17H,1-2,6,11H2,(H2,25,27). The summed E-state index contributed by atoms with van der Waals surface area (Å²) in [6, 6.07) is 8.32. The van der Waals surface area contributed by atoms with E-state index in [9.17, 15) is 26.4 Å². The van der Waals surface area contributed by atoms with Crippen molar-refractivity contribution in [3.63, 3.8) is 0 Å². The number of fused-ring (bicyclic) bond motifs is 1. The van der Waals surface area contributed by atoms with Gasteiger partial charge in [-0.1, -0.05) is 6.07 Å². The Morgan fingerprint density at radius 1 is 1.12 bits per heavy atom.